The monoisotopic (exact) mass is 426 g/mol. The fraction of sp³-hybridized carbons (Fsp3) is 0.125. The van der Waals surface area contributed by atoms with Crippen LogP contribution in [-0.4, -0.2) is 25.8 Å². The lowest BCUT2D eigenvalue weighted by Gasteiger charge is -2.10. The molecule has 4 rings (SSSR count). The summed E-state index contributed by atoms with van der Waals surface area (Å²) in [6, 6.07) is 14.6. The predicted octanol–water partition coefficient (Wildman–Crippen LogP) is 3.71. The minimum atomic E-state index is -0.187. The molecule has 0 saturated carbocycles. The van der Waals surface area contributed by atoms with Gasteiger partial charge in [0.05, 0.1) is 0 Å². The Morgan fingerprint density at radius 1 is 1.06 bits per heavy atom. The summed E-state index contributed by atoms with van der Waals surface area (Å²) in [5, 5.41) is 6.15. The van der Waals surface area contributed by atoms with Crippen LogP contribution < -0.4 is 16.2 Å². The van der Waals surface area contributed by atoms with Crippen LogP contribution >= 0.6 is 0 Å². The SMILES string of the molecule is Cc1nc(-c2ccc(NCc3cccc(NC(=O)c4ccncc4)c3)nc2)[nH]c(=O)c1C. The highest BCUT2D eigenvalue weighted by molar-refractivity contribution is 6.04. The maximum Gasteiger partial charge on any atom is 0.255 e. The van der Waals surface area contributed by atoms with Crippen molar-refractivity contribution in [1.82, 2.24) is 19.9 Å². The standard InChI is InChI=1S/C24H22N6O2/c1-15-16(2)28-22(30-23(15)31)19-6-7-21(27-14-19)26-13-17-4-3-5-20(12-17)29-24(32)18-8-10-25-11-9-18/h3-12,14H,13H2,1-2H3,(H,26,27)(H,29,32)(H,28,30,31). The molecule has 8 nitrogen and oxygen atoms in total. The van der Waals surface area contributed by atoms with E-state index in [1.165, 1.54) is 0 Å². The van der Waals surface area contributed by atoms with E-state index in [-0.39, 0.29) is 11.5 Å². The van der Waals surface area contributed by atoms with Crippen molar-refractivity contribution in [3.8, 4) is 11.4 Å². The van der Waals surface area contributed by atoms with Gasteiger partial charge in [-0.05, 0) is 55.8 Å². The second-order valence-electron chi connectivity index (χ2n) is 7.30. The number of amides is 1. The molecular formula is C24H22N6O2. The number of rotatable bonds is 6. The van der Waals surface area contributed by atoms with Gasteiger partial charge in [-0.2, -0.15) is 0 Å². The third-order valence-corrected chi connectivity index (χ3v) is 5.03. The smallest absolute Gasteiger partial charge is 0.255 e. The molecule has 0 aliphatic carbocycles. The summed E-state index contributed by atoms with van der Waals surface area (Å²) in [5.74, 6) is 0.994. The van der Waals surface area contributed by atoms with E-state index in [1.807, 2.05) is 43.3 Å². The zero-order chi connectivity index (χ0) is 22.5. The van der Waals surface area contributed by atoms with Crippen LogP contribution in [0.1, 0.15) is 27.2 Å². The third kappa shape index (κ3) is 4.86. The topological polar surface area (TPSA) is 113 Å². The van der Waals surface area contributed by atoms with Crippen LogP contribution in [0.4, 0.5) is 11.5 Å². The lowest BCUT2D eigenvalue weighted by Crippen LogP contribution is -2.14. The molecular weight excluding hydrogens is 404 g/mol. The first-order chi connectivity index (χ1) is 15.5. The van der Waals surface area contributed by atoms with Gasteiger partial charge in [0.15, 0.2) is 0 Å². The van der Waals surface area contributed by atoms with Crippen molar-refractivity contribution >= 4 is 17.4 Å². The average Bonchev–Trinajstić information content (AvgIpc) is 2.82. The Balaban J connectivity index is 1.40. The van der Waals surface area contributed by atoms with E-state index in [0.717, 1.165) is 11.1 Å². The normalized spacial score (nSPS) is 10.6. The first-order valence-electron chi connectivity index (χ1n) is 10.1. The van der Waals surface area contributed by atoms with Gasteiger partial charge in [0, 0.05) is 53.2 Å². The number of anilines is 2. The Labute approximate surface area is 184 Å². The average molecular weight is 426 g/mol. The van der Waals surface area contributed by atoms with E-state index >= 15 is 0 Å². The molecule has 0 unspecified atom stereocenters. The van der Waals surface area contributed by atoms with Gasteiger partial charge < -0.3 is 15.6 Å². The van der Waals surface area contributed by atoms with Crippen molar-refractivity contribution < 1.29 is 4.79 Å². The molecule has 3 aromatic heterocycles. The summed E-state index contributed by atoms with van der Waals surface area (Å²) in [4.78, 5) is 39.8. The number of aromatic nitrogens is 4. The molecule has 0 atom stereocenters. The largest absolute Gasteiger partial charge is 0.366 e. The van der Waals surface area contributed by atoms with E-state index < -0.39 is 0 Å². The molecule has 0 bridgehead atoms. The quantitative estimate of drug-likeness (QED) is 0.433. The molecule has 0 spiro atoms. The van der Waals surface area contributed by atoms with Crippen molar-refractivity contribution in [3.63, 3.8) is 0 Å². The highest BCUT2D eigenvalue weighted by Gasteiger charge is 2.08. The third-order valence-electron chi connectivity index (χ3n) is 5.03. The number of H-pyrrole nitrogens is 1. The first kappa shape index (κ1) is 20.9. The minimum Gasteiger partial charge on any atom is -0.366 e. The highest BCUT2D eigenvalue weighted by Crippen LogP contribution is 2.17. The number of hydrogen-bond donors (Lipinski definition) is 3. The van der Waals surface area contributed by atoms with Gasteiger partial charge in [0.2, 0.25) is 0 Å². The fourth-order valence-corrected chi connectivity index (χ4v) is 3.08. The summed E-state index contributed by atoms with van der Waals surface area (Å²) in [6.07, 6.45) is 4.84. The fourth-order valence-electron chi connectivity index (χ4n) is 3.08. The molecule has 4 aromatic rings. The van der Waals surface area contributed by atoms with Crippen LogP contribution in [-0.2, 0) is 6.54 Å². The molecule has 3 N–H and O–H groups in total. The molecule has 0 radical (unpaired) electrons. The van der Waals surface area contributed by atoms with Crippen LogP contribution in [0.5, 0.6) is 0 Å². The Hall–Kier alpha value is -4.33. The first-order valence-corrected chi connectivity index (χ1v) is 10.1. The predicted molar refractivity (Wildman–Crippen MR) is 124 cm³/mol. The Bertz CT molecular complexity index is 1300. The van der Waals surface area contributed by atoms with Gasteiger partial charge in [-0.15, -0.1) is 0 Å². The van der Waals surface area contributed by atoms with Crippen LogP contribution in [0.25, 0.3) is 11.4 Å². The maximum atomic E-state index is 12.3. The van der Waals surface area contributed by atoms with Crippen molar-refractivity contribution in [2.75, 3.05) is 10.6 Å². The molecule has 1 aromatic carbocycles. The molecule has 0 aliphatic heterocycles. The van der Waals surface area contributed by atoms with E-state index in [2.05, 4.69) is 30.6 Å². The molecule has 3 heterocycles. The van der Waals surface area contributed by atoms with Gasteiger partial charge in [-0.3, -0.25) is 14.6 Å². The summed E-state index contributed by atoms with van der Waals surface area (Å²) < 4.78 is 0. The van der Waals surface area contributed by atoms with Crippen LogP contribution in [0.2, 0.25) is 0 Å². The Morgan fingerprint density at radius 3 is 2.59 bits per heavy atom. The molecule has 160 valence electrons. The van der Waals surface area contributed by atoms with Gasteiger partial charge >= 0.3 is 0 Å². The summed E-state index contributed by atoms with van der Waals surface area (Å²) >= 11 is 0. The van der Waals surface area contributed by atoms with Crippen molar-refractivity contribution in [1.29, 1.82) is 0 Å². The van der Waals surface area contributed by atoms with Crippen molar-refractivity contribution in [3.05, 3.63) is 99.9 Å². The van der Waals surface area contributed by atoms with Gasteiger partial charge in [-0.25, -0.2) is 9.97 Å². The van der Waals surface area contributed by atoms with E-state index in [4.69, 9.17) is 0 Å². The second kappa shape index (κ2) is 9.22. The number of aryl methyl sites for hydroxylation is 1. The van der Waals surface area contributed by atoms with Gasteiger partial charge in [-0.1, -0.05) is 12.1 Å². The number of hydrogen-bond acceptors (Lipinski definition) is 6. The number of carbonyl (C=O) groups is 1. The lowest BCUT2D eigenvalue weighted by atomic mass is 10.2. The highest BCUT2D eigenvalue weighted by atomic mass is 16.1. The number of carbonyl (C=O) groups excluding carboxylic acids is 1. The van der Waals surface area contributed by atoms with E-state index in [9.17, 15) is 9.59 Å². The number of nitrogens with zero attached hydrogens (tertiary/aromatic N) is 3. The lowest BCUT2D eigenvalue weighted by molar-refractivity contribution is 0.102. The molecule has 0 fully saturated rings. The van der Waals surface area contributed by atoms with E-state index in [1.54, 1.807) is 37.6 Å². The van der Waals surface area contributed by atoms with Crippen LogP contribution in [0.3, 0.4) is 0 Å². The number of benzene rings is 1. The van der Waals surface area contributed by atoms with Gasteiger partial charge in [0.1, 0.15) is 11.6 Å². The summed E-state index contributed by atoms with van der Waals surface area (Å²) in [6.45, 7) is 4.09. The zero-order valence-electron chi connectivity index (χ0n) is 17.7. The van der Waals surface area contributed by atoms with E-state index in [0.29, 0.717) is 40.7 Å². The minimum absolute atomic E-state index is 0.148. The maximum absolute atomic E-state index is 12.3. The van der Waals surface area contributed by atoms with Crippen molar-refractivity contribution in [2.45, 2.75) is 20.4 Å². The number of aromatic amines is 1. The molecule has 0 saturated heterocycles. The van der Waals surface area contributed by atoms with Crippen molar-refractivity contribution in [2.24, 2.45) is 0 Å². The Kier molecular flexibility index (Phi) is 6.03. The Morgan fingerprint density at radius 2 is 1.88 bits per heavy atom. The summed E-state index contributed by atoms with van der Waals surface area (Å²) in [5.41, 5.74) is 4.14. The molecule has 1 amide bonds. The molecule has 8 heteroatoms. The van der Waals surface area contributed by atoms with Crippen LogP contribution in [0.15, 0.2) is 71.9 Å². The van der Waals surface area contributed by atoms with Gasteiger partial charge in [0.25, 0.3) is 11.5 Å². The molecule has 0 aliphatic rings. The molecule has 32 heavy (non-hydrogen) atoms. The summed E-state index contributed by atoms with van der Waals surface area (Å²) in [7, 11) is 0. The number of nitrogens with one attached hydrogen (secondary N) is 3. The number of pyridine rings is 2. The van der Waals surface area contributed by atoms with Crippen LogP contribution in [0, 0.1) is 13.8 Å². The second-order valence-corrected chi connectivity index (χ2v) is 7.30. The zero-order valence-corrected chi connectivity index (χ0v) is 17.7.